The van der Waals surface area contributed by atoms with Crippen LogP contribution in [0.25, 0.3) is 0 Å². The summed E-state index contributed by atoms with van der Waals surface area (Å²) in [5, 5.41) is 31.3. The van der Waals surface area contributed by atoms with Gasteiger partial charge in [0, 0.05) is 47.0 Å². The monoisotopic (exact) mass is 653 g/mol. The van der Waals surface area contributed by atoms with Crippen molar-refractivity contribution < 1.29 is 43.7 Å². The molecule has 3 saturated heterocycles. The van der Waals surface area contributed by atoms with Crippen LogP contribution < -0.4 is 5.32 Å². The van der Waals surface area contributed by atoms with Gasteiger partial charge in [0.25, 0.3) is 0 Å². The number of rotatable bonds is 12. The average Bonchev–Trinajstić information content (AvgIpc) is 3.31. The Morgan fingerprint density at radius 3 is 1.35 bits per heavy atom. The molecular weight excluding hydrogens is 594 g/mol. The molecule has 2 radical (unpaired) electrons. The van der Waals surface area contributed by atoms with Gasteiger partial charge in [-0.1, -0.05) is 0 Å². The Balaban J connectivity index is 1.75. The lowest BCUT2D eigenvalue weighted by molar-refractivity contribution is -0.249. The fourth-order valence-electron chi connectivity index (χ4n) is 8.15. The third-order valence-corrected chi connectivity index (χ3v) is 11.0. The van der Waals surface area contributed by atoms with Crippen molar-refractivity contribution in [3.05, 3.63) is 0 Å². The third-order valence-electron chi connectivity index (χ3n) is 11.0. The van der Waals surface area contributed by atoms with Crippen LogP contribution in [0.3, 0.4) is 0 Å². The van der Waals surface area contributed by atoms with Crippen molar-refractivity contribution >= 4 is 17.9 Å². The normalized spacial score (nSPS) is 30.5. The largest absolute Gasteiger partial charge is 0.465 e. The lowest BCUT2D eigenvalue weighted by Crippen LogP contribution is -2.49. The Morgan fingerprint density at radius 1 is 0.652 bits per heavy atom. The van der Waals surface area contributed by atoms with Crippen molar-refractivity contribution in [1.29, 1.82) is 0 Å². The molecule has 0 aliphatic carbocycles. The molecule has 3 aliphatic heterocycles. The van der Waals surface area contributed by atoms with Crippen LogP contribution in [0.5, 0.6) is 0 Å². The number of nitrogens with one attached hydrogen (secondary N) is 1. The minimum atomic E-state index is -2.00. The van der Waals surface area contributed by atoms with Gasteiger partial charge in [0.1, 0.15) is 0 Å². The first kappa shape index (κ1) is 38.6. The summed E-state index contributed by atoms with van der Waals surface area (Å²) in [7, 11) is 1.25. The first-order valence-electron chi connectivity index (χ1n) is 16.5. The number of carbonyl (C=O) groups is 3. The topological polar surface area (TPSA) is 146 Å². The summed E-state index contributed by atoms with van der Waals surface area (Å²) in [4.78, 5) is 40.4. The molecule has 0 saturated carbocycles. The smallest absolute Gasteiger partial charge is 0.339 e. The molecule has 3 fully saturated rings. The molecule has 3 atom stereocenters. The fourth-order valence-corrected chi connectivity index (χ4v) is 8.15. The maximum atomic E-state index is 13.8. The molecule has 0 amide bonds. The van der Waals surface area contributed by atoms with E-state index in [-0.39, 0.29) is 48.7 Å². The van der Waals surface area contributed by atoms with Crippen LogP contribution in [0, 0.1) is 17.8 Å². The van der Waals surface area contributed by atoms with E-state index in [2.05, 4.69) is 19.2 Å². The second kappa shape index (κ2) is 12.9. The number of hydroxylamine groups is 4. The van der Waals surface area contributed by atoms with E-state index < -0.39 is 58.5 Å². The van der Waals surface area contributed by atoms with Crippen LogP contribution in [0.2, 0.25) is 0 Å². The first-order valence-corrected chi connectivity index (χ1v) is 16.5. The number of ether oxygens (including phenoxy) is 4. The molecule has 264 valence electrons. The predicted octanol–water partition coefficient (Wildman–Crippen LogP) is 4.40. The van der Waals surface area contributed by atoms with Gasteiger partial charge >= 0.3 is 17.9 Å². The van der Waals surface area contributed by atoms with E-state index in [1.165, 1.54) is 7.11 Å². The fraction of sp³-hybridized carbons (Fsp3) is 0.912. The van der Waals surface area contributed by atoms with Crippen molar-refractivity contribution in [2.45, 2.75) is 154 Å². The van der Waals surface area contributed by atoms with Crippen LogP contribution in [0.15, 0.2) is 0 Å². The highest BCUT2D eigenvalue weighted by atomic mass is 16.6. The van der Waals surface area contributed by atoms with Gasteiger partial charge in [-0.15, -0.1) is 20.5 Å². The van der Waals surface area contributed by atoms with Gasteiger partial charge in [0.15, 0.2) is 5.60 Å². The standard InChI is InChI=1S/C34H59N3O9/c1-28(2)14-22(31(7,8)35-28)19-46-27(40)34(43-13,17-25(38)44-20-23-15-29(3,4)36(41)32(23,9)10)18-26(39)45-21-24-16-30(5,6)37(42)33(24,11)12/h22-24,35H,14-21H2,1-13H3. The third kappa shape index (κ3) is 7.89. The van der Waals surface area contributed by atoms with Crippen LogP contribution in [0.4, 0.5) is 0 Å². The summed E-state index contributed by atoms with van der Waals surface area (Å²) in [6.07, 6.45) is 0.645. The van der Waals surface area contributed by atoms with Crippen molar-refractivity contribution in [1.82, 2.24) is 15.4 Å². The van der Waals surface area contributed by atoms with E-state index in [0.29, 0.717) is 12.8 Å². The predicted molar refractivity (Wildman–Crippen MR) is 169 cm³/mol. The minimum Gasteiger partial charge on any atom is -0.465 e. The van der Waals surface area contributed by atoms with Crippen LogP contribution in [0.1, 0.15) is 115 Å². The van der Waals surface area contributed by atoms with Gasteiger partial charge in [-0.05, 0) is 102 Å². The Bertz CT molecular complexity index is 1090. The van der Waals surface area contributed by atoms with Crippen LogP contribution in [-0.4, -0.2) is 93.8 Å². The highest BCUT2D eigenvalue weighted by Gasteiger charge is 2.55. The second-order valence-corrected chi connectivity index (χ2v) is 17.5. The average molecular weight is 654 g/mol. The van der Waals surface area contributed by atoms with Crippen molar-refractivity contribution in [3.63, 3.8) is 0 Å². The number of hydrogen-bond donors (Lipinski definition) is 1. The molecule has 1 N–H and O–H groups in total. The zero-order valence-corrected chi connectivity index (χ0v) is 30.5. The van der Waals surface area contributed by atoms with E-state index in [9.17, 15) is 24.8 Å². The second-order valence-electron chi connectivity index (χ2n) is 17.5. The number of methoxy groups -OCH3 is 1. The highest BCUT2D eigenvalue weighted by molar-refractivity contribution is 5.90. The van der Waals surface area contributed by atoms with Gasteiger partial charge in [0.2, 0.25) is 0 Å². The van der Waals surface area contributed by atoms with E-state index >= 15 is 0 Å². The Hall–Kier alpha value is -1.83. The Labute approximate surface area is 275 Å². The molecule has 3 rings (SSSR count). The molecule has 3 heterocycles. The van der Waals surface area contributed by atoms with Crippen molar-refractivity contribution in [3.8, 4) is 0 Å². The molecule has 3 aliphatic rings. The Kier molecular flexibility index (Phi) is 10.8. The Morgan fingerprint density at radius 2 is 1.04 bits per heavy atom. The summed E-state index contributed by atoms with van der Waals surface area (Å²) in [5.41, 5.74) is -5.22. The maximum absolute atomic E-state index is 13.8. The van der Waals surface area contributed by atoms with Crippen molar-refractivity contribution in [2.24, 2.45) is 17.8 Å². The van der Waals surface area contributed by atoms with E-state index in [4.69, 9.17) is 18.9 Å². The zero-order chi connectivity index (χ0) is 35.3. The molecule has 0 aromatic rings. The number of esters is 3. The van der Waals surface area contributed by atoms with Crippen molar-refractivity contribution in [2.75, 3.05) is 26.9 Å². The lowest BCUT2D eigenvalue weighted by atomic mass is 9.87. The first-order chi connectivity index (χ1) is 20.7. The van der Waals surface area contributed by atoms with Gasteiger partial charge < -0.3 is 24.3 Å². The molecule has 0 aromatic carbocycles. The minimum absolute atomic E-state index is 0.0223. The quantitative estimate of drug-likeness (QED) is 0.238. The zero-order valence-electron chi connectivity index (χ0n) is 30.5. The van der Waals surface area contributed by atoms with Gasteiger partial charge in [-0.3, -0.25) is 9.59 Å². The summed E-state index contributed by atoms with van der Waals surface area (Å²) in [6, 6.07) is 0. The summed E-state index contributed by atoms with van der Waals surface area (Å²) in [5.74, 6) is -2.87. The molecule has 0 bridgehead atoms. The highest BCUT2D eigenvalue weighted by Crippen LogP contribution is 2.45. The van der Waals surface area contributed by atoms with Gasteiger partial charge in [0.05, 0.1) is 43.7 Å². The van der Waals surface area contributed by atoms with Crippen LogP contribution in [-0.2, 0) is 43.7 Å². The molecule has 0 aromatic heterocycles. The SMILES string of the molecule is COC(CC(=O)OCC1CC(C)(C)N([O])C1(C)C)(CC(=O)OCC1CC(C)(C)N([O])C1(C)C)C(=O)OCC1CC(C)(C)NC1(C)C. The summed E-state index contributed by atoms with van der Waals surface area (Å²) in [6.45, 7) is 23.0. The lowest BCUT2D eigenvalue weighted by Gasteiger charge is -2.34. The summed E-state index contributed by atoms with van der Waals surface area (Å²) < 4.78 is 22.7. The molecular formula is C34H59N3O9. The molecule has 0 spiro atoms. The van der Waals surface area contributed by atoms with E-state index in [0.717, 1.165) is 16.5 Å². The van der Waals surface area contributed by atoms with Crippen LogP contribution >= 0.6 is 0 Å². The van der Waals surface area contributed by atoms with Gasteiger partial charge in [-0.25, -0.2) is 4.79 Å². The molecule has 46 heavy (non-hydrogen) atoms. The van der Waals surface area contributed by atoms with E-state index in [1.54, 1.807) is 0 Å². The van der Waals surface area contributed by atoms with Gasteiger partial charge in [-0.2, -0.15) is 0 Å². The molecule has 12 heteroatoms. The maximum Gasteiger partial charge on any atom is 0.339 e. The van der Waals surface area contributed by atoms with E-state index in [1.807, 2.05) is 69.2 Å². The molecule has 3 unspecified atom stereocenters. The number of carbonyl (C=O) groups excluding carboxylic acids is 3. The number of nitrogens with zero attached hydrogens (tertiary/aromatic N) is 2. The number of hydrogen-bond acceptors (Lipinski definition) is 10. The summed E-state index contributed by atoms with van der Waals surface area (Å²) >= 11 is 0. The molecule has 12 nitrogen and oxygen atoms in total.